The SMILES string of the molecule is COc1cc(C(=O)N2CCC(c3ccc(NC(=O)Cc4ccc5c(c4)CCO5)cc3)CC2)c(F)c(OC)c1F. The lowest BCUT2D eigenvalue weighted by Crippen LogP contribution is -2.38. The summed E-state index contributed by atoms with van der Waals surface area (Å²) in [6, 6.07) is 14.7. The fraction of sp³-hybridized carbons (Fsp3) is 0.333. The van der Waals surface area contributed by atoms with Crippen LogP contribution in [0.15, 0.2) is 48.5 Å². The number of methoxy groups -OCH3 is 2. The monoisotopic (exact) mass is 536 g/mol. The Morgan fingerprint density at radius 3 is 2.44 bits per heavy atom. The van der Waals surface area contributed by atoms with Crippen LogP contribution in [0.3, 0.4) is 0 Å². The molecule has 3 aromatic rings. The molecule has 1 N–H and O–H groups in total. The first kappa shape index (κ1) is 26.5. The summed E-state index contributed by atoms with van der Waals surface area (Å²) >= 11 is 0. The van der Waals surface area contributed by atoms with Gasteiger partial charge in [-0.3, -0.25) is 9.59 Å². The molecule has 0 atom stereocenters. The van der Waals surface area contributed by atoms with Crippen LogP contribution in [0.2, 0.25) is 0 Å². The van der Waals surface area contributed by atoms with E-state index in [0.717, 1.165) is 47.7 Å². The summed E-state index contributed by atoms with van der Waals surface area (Å²) in [7, 11) is 2.39. The van der Waals surface area contributed by atoms with E-state index in [0.29, 0.717) is 32.5 Å². The largest absolute Gasteiger partial charge is 0.494 e. The molecule has 39 heavy (non-hydrogen) atoms. The first-order chi connectivity index (χ1) is 18.9. The molecule has 1 saturated heterocycles. The van der Waals surface area contributed by atoms with E-state index in [1.54, 1.807) is 4.90 Å². The second-order valence-electron chi connectivity index (χ2n) is 9.74. The number of hydrogen-bond acceptors (Lipinski definition) is 5. The molecule has 7 nitrogen and oxygen atoms in total. The molecular formula is C30H30F2N2O5. The summed E-state index contributed by atoms with van der Waals surface area (Å²) < 4.78 is 44.3. The van der Waals surface area contributed by atoms with Gasteiger partial charge in [0, 0.05) is 25.2 Å². The van der Waals surface area contributed by atoms with Crippen molar-refractivity contribution >= 4 is 17.5 Å². The van der Waals surface area contributed by atoms with Crippen LogP contribution in [-0.4, -0.2) is 50.6 Å². The number of carbonyl (C=O) groups is 2. The van der Waals surface area contributed by atoms with Crippen molar-refractivity contribution in [1.82, 2.24) is 4.90 Å². The zero-order valence-corrected chi connectivity index (χ0v) is 21.9. The molecule has 0 radical (unpaired) electrons. The fourth-order valence-electron chi connectivity index (χ4n) is 5.24. The third-order valence-electron chi connectivity index (χ3n) is 7.35. The van der Waals surface area contributed by atoms with E-state index in [1.165, 1.54) is 7.11 Å². The molecule has 2 aliphatic heterocycles. The molecule has 1 fully saturated rings. The van der Waals surface area contributed by atoms with Crippen LogP contribution >= 0.6 is 0 Å². The number of piperidine rings is 1. The van der Waals surface area contributed by atoms with E-state index in [1.807, 2.05) is 42.5 Å². The van der Waals surface area contributed by atoms with Gasteiger partial charge in [0.1, 0.15) is 5.75 Å². The summed E-state index contributed by atoms with van der Waals surface area (Å²) in [6.07, 6.45) is 2.53. The Hall–Kier alpha value is -4.14. The third kappa shape index (κ3) is 5.53. The molecule has 0 spiro atoms. The summed E-state index contributed by atoms with van der Waals surface area (Å²) in [5.74, 6) is -2.41. The van der Waals surface area contributed by atoms with E-state index >= 15 is 0 Å². The maximum atomic E-state index is 14.8. The molecular weight excluding hydrogens is 506 g/mol. The molecule has 2 heterocycles. The topological polar surface area (TPSA) is 77.1 Å². The summed E-state index contributed by atoms with van der Waals surface area (Å²) in [5.41, 5.74) is 3.63. The predicted molar refractivity (Wildman–Crippen MR) is 142 cm³/mol. The highest BCUT2D eigenvalue weighted by Gasteiger charge is 2.30. The quantitative estimate of drug-likeness (QED) is 0.454. The van der Waals surface area contributed by atoms with Crippen molar-refractivity contribution in [1.29, 1.82) is 0 Å². The highest BCUT2D eigenvalue weighted by molar-refractivity contribution is 5.95. The van der Waals surface area contributed by atoms with Gasteiger partial charge in [-0.25, -0.2) is 4.39 Å². The van der Waals surface area contributed by atoms with Crippen molar-refractivity contribution in [2.75, 3.05) is 39.2 Å². The van der Waals surface area contributed by atoms with Gasteiger partial charge in [0.2, 0.25) is 11.7 Å². The maximum Gasteiger partial charge on any atom is 0.257 e. The standard InChI is InChI=1S/C30H30F2N2O5/c1-37-25-17-23(27(31)29(38-2)28(25)32)30(36)34-12-9-20(10-13-34)19-4-6-22(7-5-19)33-26(35)16-18-3-8-24-21(15-18)11-14-39-24/h3-8,15,17,20H,9-14,16H2,1-2H3,(H,33,35). The van der Waals surface area contributed by atoms with Gasteiger partial charge in [-0.05, 0) is 59.7 Å². The van der Waals surface area contributed by atoms with Gasteiger partial charge in [-0.1, -0.05) is 24.3 Å². The van der Waals surface area contributed by atoms with Gasteiger partial charge in [-0.15, -0.1) is 0 Å². The lowest BCUT2D eigenvalue weighted by atomic mass is 9.89. The first-order valence-corrected chi connectivity index (χ1v) is 12.9. The number of hydrogen-bond donors (Lipinski definition) is 1. The number of likely N-dealkylation sites (tertiary alicyclic amines) is 1. The molecule has 0 aliphatic carbocycles. The van der Waals surface area contributed by atoms with Crippen molar-refractivity contribution in [3.05, 3.63) is 82.4 Å². The highest BCUT2D eigenvalue weighted by Crippen LogP contribution is 2.35. The number of nitrogens with zero attached hydrogens (tertiary/aromatic N) is 1. The average Bonchev–Trinajstić information content (AvgIpc) is 3.42. The minimum Gasteiger partial charge on any atom is -0.494 e. The number of carbonyl (C=O) groups excluding carboxylic acids is 2. The minimum absolute atomic E-state index is 0.0882. The highest BCUT2D eigenvalue weighted by atomic mass is 19.1. The average molecular weight is 537 g/mol. The Labute approximate surface area is 225 Å². The summed E-state index contributed by atoms with van der Waals surface area (Å²) in [5, 5.41) is 2.95. The number of nitrogens with one attached hydrogen (secondary N) is 1. The molecule has 0 saturated carbocycles. The van der Waals surface area contributed by atoms with Crippen LogP contribution in [0.1, 0.15) is 45.8 Å². The van der Waals surface area contributed by atoms with Crippen LogP contribution in [-0.2, 0) is 17.6 Å². The van der Waals surface area contributed by atoms with Crippen LogP contribution in [0.5, 0.6) is 17.2 Å². The second-order valence-corrected chi connectivity index (χ2v) is 9.74. The van der Waals surface area contributed by atoms with Gasteiger partial charge in [0.15, 0.2) is 17.3 Å². The van der Waals surface area contributed by atoms with E-state index in [9.17, 15) is 18.4 Å². The maximum absolute atomic E-state index is 14.8. The summed E-state index contributed by atoms with van der Waals surface area (Å²) in [6.45, 7) is 1.54. The van der Waals surface area contributed by atoms with Crippen LogP contribution < -0.4 is 19.5 Å². The van der Waals surface area contributed by atoms with E-state index in [4.69, 9.17) is 14.2 Å². The molecule has 2 amide bonds. The molecule has 204 valence electrons. The molecule has 0 unspecified atom stereocenters. The van der Waals surface area contributed by atoms with Gasteiger partial charge in [-0.2, -0.15) is 4.39 Å². The smallest absolute Gasteiger partial charge is 0.257 e. The van der Waals surface area contributed by atoms with Crippen molar-refractivity contribution in [2.45, 2.75) is 31.6 Å². The Morgan fingerprint density at radius 1 is 1.00 bits per heavy atom. The Morgan fingerprint density at radius 2 is 1.74 bits per heavy atom. The molecule has 5 rings (SSSR count). The number of benzene rings is 3. The number of anilines is 1. The number of fused-ring (bicyclic) bond motifs is 1. The zero-order valence-electron chi connectivity index (χ0n) is 21.9. The van der Waals surface area contributed by atoms with Crippen molar-refractivity contribution in [2.24, 2.45) is 0 Å². The minimum atomic E-state index is -1.04. The molecule has 0 aromatic heterocycles. The third-order valence-corrected chi connectivity index (χ3v) is 7.35. The van der Waals surface area contributed by atoms with E-state index in [2.05, 4.69) is 5.32 Å². The Kier molecular flexibility index (Phi) is 7.67. The lowest BCUT2D eigenvalue weighted by Gasteiger charge is -2.32. The molecule has 9 heteroatoms. The van der Waals surface area contributed by atoms with Gasteiger partial charge in [0.05, 0.1) is 32.8 Å². The summed E-state index contributed by atoms with van der Waals surface area (Å²) in [4.78, 5) is 27.2. The van der Waals surface area contributed by atoms with Gasteiger partial charge in [0.25, 0.3) is 5.91 Å². The van der Waals surface area contributed by atoms with E-state index in [-0.39, 0.29) is 29.6 Å². The van der Waals surface area contributed by atoms with Crippen LogP contribution in [0.25, 0.3) is 0 Å². The second kappa shape index (κ2) is 11.3. The number of halogens is 2. The van der Waals surface area contributed by atoms with Crippen molar-refractivity contribution < 1.29 is 32.6 Å². The van der Waals surface area contributed by atoms with Crippen LogP contribution in [0, 0.1) is 11.6 Å². The van der Waals surface area contributed by atoms with Gasteiger partial charge < -0.3 is 24.4 Å². The number of ether oxygens (including phenoxy) is 3. The van der Waals surface area contributed by atoms with E-state index < -0.39 is 23.3 Å². The Bertz CT molecular complexity index is 1390. The Balaban J connectivity index is 1.17. The fourth-order valence-corrected chi connectivity index (χ4v) is 5.24. The number of rotatable bonds is 7. The molecule has 3 aromatic carbocycles. The zero-order chi connectivity index (χ0) is 27.5. The predicted octanol–water partition coefficient (Wildman–Crippen LogP) is 5.12. The molecule has 0 bridgehead atoms. The van der Waals surface area contributed by atoms with Crippen molar-refractivity contribution in [3.8, 4) is 17.2 Å². The molecule has 2 aliphatic rings. The lowest BCUT2D eigenvalue weighted by molar-refractivity contribution is -0.115. The van der Waals surface area contributed by atoms with Crippen LogP contribution in [0.4, 0.5) is 14.5 Å². The van der Waals surface area contributed by atoms with Gasteiger partial charge >= 0.3 is 0 Å². The van der Waals surface area contributed by atoms with Crippen molar-refractivity contribution in [3.63, 3.8) is 0 Å². The number of amides is 2. The normalized spacial score (nSPS) is 14.9. The first-order valence-electron chi connectivity index (χ1n) is 12.9.